The van der Waals surface area contributed by atoms with Gasteiger partial charge >= 0.3 is 0 Å². The first-order chi connectivity index (χ1) is 6.86. The second kappa shape index (κ2) is 6.60. The van der Waals surface area contributed by atoms with Crippen molar-refractivity contribution >= 4 is 11.6 Å². The van der Waals surface area contributed by atoms with E-state index in [1.165, 1.54) is 12.8 Å². The van der Waals surface area contributed by atoms with Gasteiger partial charge in [0.15, 0.2) is 0 Å². The fourth-order valence-corrected chi connectivity index (χ4v) is 1.17. The van der Waals surface area contributed by atoms with Gasteiger partial charge < -0.3 is 4.74 Å². The van der Waals surface area contributed by atoms with E-state index in [2.05, 4.69) is 17.1 Å². The maximum Gasteiger partial charge on any atom is 0.233 e. The van der Waals surface area contributed by atoms with Crippen molar-refractivity contribution in [3.8, 4) is 5.88 Å². The van der Waals surface area contributed by atoms with Gasteiger partial charge in [0.2, 0.25) is 5.88 Å². The maximum atomic E-state index is 5.58. The molecule has 3 nitrogen and oxygen atoms in total. The third kappa shape index (κ3) is 3.92. The standard InChI is InChI=1S/C10H15ClN2O/c1-2-3-4-7-14-10-6-5-9(8-11)12-13-10/h5-6H,2-4,7-8H2,1H3. The third-order valence-electron chi connectivity index (χ3n) is 1.83. The zero-order valence-electron chi connectivity index (χ0n) is 8.37. The molecule has 0 aliphatic heterocycles. The van der Waals surface area contributed by atoms with E-state index in [1.54, 1.807) is 6.07 Å². The zero-order valence-corrected chi connectivity index (χ0v) is 9.13. The SMILES string of the molecule is CCCCCOc1ccc(CCl)nn1. The van der Waals surface area contributed by atoms with E-state index in [0.717, 1.165) is 12.1 Å². The lowest BCUT2D eigenvalue weighted by atomic mass is 10.3. The molecule has 0 N–H and O–H groups in total. The van der Waals surface area contributed by atoms with Crippen LogP contribution in [0.15, 0.2) is 12.1 Å². The van der Waals surface area contributed by atoms with E-state index in [1.807, 2.05) is 6.07 Å². The lowest BCUT2D eigenvalue weighted by Crippen LogP contribution is -2.00. The van der Waals surface area contributed by atoms with Crippen molar-refractivity contribution in [1.29, 1.82) is 0 Å². The molecule has 0 radical (unpaired) electrons. The Bertz CT molecular complexity index is 251. The molecule has 1 aromatic rings. The third-order valence-corrected chi connectivity index (χ3v) is 2.10. The van der Waals surface area contributed by atoms with Crippen LogP contribution in [0.5, 0.6) is 5.88 Å². The molecule has 0 atom stereocenters. The predicted molar refractivity (Wildman–Crippen MR) is 56.6 cm³/mol. The number of rotatable bonds is 6. The summed E-state index contributed by atoms with van der Waals surface area (Å²) in [7, 11) is 0. The highest BCUT2D eigenvalue weighted by atomic mass is 35.5. The molecule has 1 rings (SSSR count). The maximum absolute atomic E-state index is 5.58. The molecule has 14 heavy (non-hydrogen) atoms. The summed E-state index contributed by atoms with van der Waals surface area (Å²) in [4.78, 5) is 0. The van der Waals surface area contributed by atoms with Crippen LogP contribution in [0.1, 0.15) is 31.9 Å². The molecule has 78 valence electrons. The monoisotopic (exact) mass is 214 g/mol. The predicted octanol–water partition coefficient (Wildman–Crippen LogP) is 2.78. The van der Waals surface area contributed by atoms with Crippen molar-refractivity contribution in [3.05, 3.63) is 17.8 Å². The highest BCUT2D eigenvalue weighted by molar-refractivity contribution is 6.16. The summed E-state index contributed by atoms with van der Waals surface area (Å²) in [5.41, 5.74) is 0.771. The Hall–Kier alpha value is -0.830. The van der Waals surface area contributed by atoms with Crippen LogP contribution >= 0.6 is 11.6 Å². The molecule has 4 heteroatoms. The summed E-state index contributed by atoms with van der Waals surface area (Å²) in [6.45, 7) is 2.87. The first-order valence-electron chi connectivity index (χ1n) is 4.88. The molecule has 0 aromatic carbocycles. The summed E-state index contributed by atoms with van der Waals surface area (Å²) < 4.78 is 5.39. The van der Waals surface area contributed by atoms with Crippen LogP contribution in [0.25, 0.3) is 0 Å². The first-order valence-corrected chi connectivity index (χ1v) is 5.41. The Kier molecular flexibility index (Phi) is 5.30. The zero-order chi connectivity index (χ0) is 10.2. The van der Waals surface area contributed by atoms with Gasteiger partial charge in [-0.25, -0.2) is 0 Å². The average molecular weight is 215 g/mol. The van der Waals surface area contributed by atoms with Crippen molar-refractivity contribution in [2.24, 2.45) is 0 Å². The minimum atomic E-state index is 0.392. The van der Waals surface area contributed by atoms with Gasteiger partial charge in [0, 0.05) is 6.07 Å². The lowest BCUT2D eigenvalue weighted by Gasteiger charge is -2.03. The van der Waals surface area contributed by atoms with Crippen molar-refractivity contribution in [2.45, 2.75) is 32.1 Å². The molecule has 0 bridgehead atoms. The fourth-order valence-electron chi connectivity index (χ4n) is 1.02. The molecule has 0 aliphatic carbocycles. The molecule has 0 unspecified atom stereocenters. The molecular formula is C10H15ClN2O. The number of nitrogens with zero attached hydrogens (tertiary/aromatic N) is 2. The Morgan fingerprint density at radius 3 is 2.71 bits per heavy atom. The van der Waals surface area contributed by atoms with Crippen molar-refractivity contribution in [2.75, 3.05) is 6.61 Å². The topological polar surface area (TPSA) is 35.0 Å². The van der Waals surface area contributed by atoms with Crippen molar-refractivity contribution in [1.82, 2.24) is 10.2 Å². The minimum Gasteiger partial charge on any atom is -0.477 e. The summed E-state index contributed by atoms with van der Waals surface area (Å²) >= 11 is 5.58. The lowest BCUT2D eigenvalue weighted by molar-refractivity contribution is 0.291. The van der Waals surface area contributed by atoms with E-state index < -0.39 is 0 Å². The van der Waals surface area contributed by atoms with Gasteiger partial charge in [0.1, 0.15) is 0 Å². The largest absolute Gasteiger partial charge is 0.477 e. The Morgan fingerprint density at radius 1 is 1.29 bits per heavy atom. The Labute approximate surface area is 89.4 Å². The molecule has 0 amide bonds. The van der Waals surface area contributed by atoms with Gasteiger partial charge in [0.05, 0.1) is 18.2 Å². The molecule has 1 heterocycles. The van der Waals surface area contributed by atoms with Crippen LogP contribution < -0.4 is 4.74 Å². The van der Waals surface area contributed by atoms with E-state index in [4.69, 9.17) is 16.3 Å². The van der Waals surface area contributed by atoms with Crippen LogP contribution in [-0.2, 0) is 5.88 Å². The molecule has 0 fully saturated rings. The molecular weight excluding hydrogens is 200 g/mol. The van der Waals surface area contributed by atoms with Crippen LogP contribution in [0.2, 0.25) is 0 Å². The number of alkyl halides is 1. The highest BCUT2D eigenvalue weighted by Crippen LogP contribution is 2.07. The van der Waals surface area contributed by atoms with E-state index in [0.29, 0.717) is 18.4 Å². The van der Waals surface area contributed by atoms with Crippen LogP contribution in [0, 0.1) is 0 Å². The normalized spacial score (nSPS) is 10.1. The van der Waals surface area contributed by atoms with E-state index in [9.17, 15) is 0 Å². The quantitative estimate of drug-likeness (QED) is 0.540. The highest BCUT2D eigenvalue weighted by Gasteiger charge is 1.97. The van der Waals surface area contributed by atoms with Crippen LogP contribution in [0.4, 0.5) is 0 Å². The van der Waals surface area contributed by atoms with Gasteiger partial charge in [-0.05, 0) is 12.5 Å². The average Bonchev–Trinajstić information content (AvgIpc) is 2.25. The van der Waals surface area contributed by atoms with Crippen molar-refractivity contribution < 1.29 is 4.74 Å². The molecule has 0 saturated heterocycles. The number of halogens is 1. The van der Waals surface area contributed by atoms with Gasteiger partial charge in [-0.2, -0.15) is 5.10 Å². The van der Waals surface area contributed by atoms with Crippen LogP contribution in [-0.4, -0.2) is 16.8 Å². The van der Waals surface area contributed by atoms with Gasteiger partial charge in [-0.1, -0.05) is 19.8 Å². The van der Waals surface area contributed by atoms with E-state index in [-0.39, 0.29) is 0 Å². The van der Waals surface area contributed by atoms with Gasteiger partial charge in [0.25, 0.3) is 0 Å². The summed E-state index contributed by atoms with van der Waals surface area (Å²) in [5, 5.41) is 7.78. The Balaban J connectivity index is 2.29. The Morgan fingerprint density at radius 2 is 2.14 bits per heavy atom. The number of aromatic nitrogens is 2. The molecule has 1 aromatic heterocycles. The summed E-state index contributed by atoms with van der Waals surface area (Å²) in [5.74, 6) is 0.971. The molecule has 0 aliphatic rings. The smallest absolute Gasteiger partial charge is 0.233 e. The first kappa shape index (κ1) is 11.2. The molecule has 0 saturated carbocycles. The number of ether oxygens (including phenoxy) is 1. The summed E-state index contributed by atoms with van der Waals surface area (Å²) in [6, 6.07) is 3.63. The van der Waals surface area contributed by atoms with Crippen molar-refractivity contribution in [3.63, 3.8) is 0 Å². The van der Waals surface area contributed by atoms with Gasteiger partial charge in [-0.15, -0.1) is 16.7 Å². The number of unbranched alkanes of at least 4 members (excludes halogenated alkanes) is 2. The minimum absolute atomic E-state index is 0.392. The number of hydrogen-bond acceptors (Lipinski definition) is 3. The van der Waals surface area contributed by atoms with Crippen LogP contribution in [0.3, 0.4) is 0 Å². The fraction of sp³-hybridized carbons (Fsp3) is 0.600. The second-order valence-electron chi connectivity index (χ2n) is 3.05. The van der Waals surface area contributed by atoms with E-state index >= 15 is 0 Å². The molecule has 0 spiro atoms. The number of hydrogen-bond donors (Lipinski definition) is 0. The summed E-state index contributed by atoms with van der Waals surface area (Å²) in [6.07, 6.45) is 3.45. The second-order valence-corrected chi connectivity index (χ2v) is 3.32. The van der Waals surface area contributed by atoms with Gasteiger partial charge in [-0.3, -0.25) is 0 Å².